The highest BCUT2D eigenvalue weighted by molar-refractivity contribution is 9.10. The molecule has 0 atom stereocenters. The zero-order valence-corrected chi connectivity index (χ0v) is 20.8. The Morgan fingerprint density at radius 3 is 1.49 bits per heavy atom. The minimum atomic E-state index is -1.76. The Morgan fingerprint density at radius 2 is 1.00 bits per heavy atom. The van der Waals surface area contributed by atoms with Crippen molar-refractivity contribution in [1.29, 1.82) is 0 Å². The molecule has 4 aromatic rings. The molecule has 0 aliphatic rings. The molecule has 4 aromatic carbocycles. The summed E-state index contributed by atoms with van der Waals surface area (Å²) in [4.78, 5) is 0. The van der Waals surface area contributed by atoms with Gasteiger partial charge in [0.1, 0.15) is 11.4 Å². The van der Waals surface area contributed by atoms with Crippen LogP contribution in [0.4, 0.5) is 52.2 Å². The predicted molar refractivity (Wildman–Crippen MR) is 130 cm³/mol. The lowest BCUT2D eigenvalue weighted by Gasteiger charge is -2.10. The van der Waals surface area contributed by atoms with Crippen molar-refractivity contribution in [1.82, 2.24) is 0 Å². The van der Waals surface area contributed by atoms with Crippen molar-refractivity contribution in [3.8, 4) is 0 Å². The van der Waals surface area contributed by atoms with Crippen LogP contribution in [-0.4, -0.2) is 0 Å². The fraction of sp³-hybridized carbons (Fsp3) is 0.0769. The molecule has 0 radical (unpaired) electrons. The Kier molecular flexibility index (Phi) is 10.5. The summed E-state index contributed by atoms with van der Waals surface area (Å²) in [5.41, 5.74) is 5.62. The minimum absolute atomic E-state index is 0.188. The van der Waals surface area contributed by atoms with E-state index in [9.17, 15) is 35.1 Å². The molecule has 0 amide bonds. The van der Waals surface area contributed by atoms with E-state index >= 15 is 0 Å². The van der Waals surface area contributed by atoms with Gasteiger partial charge in [-0.05, 0) is 38.1 Å². The van der Waals surface area contributed by atoms with Gasteiger partial charge in [0.05, 0.1) is 0 Å². The summed E-state index contributed by atoms with van der Waals surface area (Å²) in [6, 6.07) is 15.3. The molecule has 0 fully saturated rings. The van der Waals surface area contributed by atoms with Crippen molar-refractivity contribution < 1.29 is 35.1 Å². The van der Waals surface area contributed by atoms with Gasteiger partial charge in [0.2, 0.25) is 0 Å². The maximum atomic E-state index is 13.4. The molecular weight excluding hydrogens is 572 g/mol. The standard InChI is InChI=1S/C13H9F4N.C7H7Br.C6H3F4N/c1-7-2-4-8(5-3-7)18-13-10(15)6-9(14)11(16)12(13)17;1-6-2-4-7(8)5-3-6;7-2-1-3(8)6(11)5(10)4(2)9/h2-6,18H,1H3;2-5H,1H3;1H,11H2. The number of nitrogens with two attached hydrogens (primary N) is 1. The summed E-state index contributed by atoms with van der Waals surface area (Å²) < 4.78 is 102. The van der Waals surface area contributed by atoms with Gasteiger partial charge in [-0.25, -0.2) is 35.1 Å². The fourth-order valence-electron chi connectivity index (χ4n) is 2.58. The maximum Gasteiger partial charge on any atom is 0.196 e. The van der Waals surface area contributed by atoms with Crippen LogP contribution in [0.1, 0.15) is 11.1 Å². The molecule has 2 nitrogen and oxygen atoms in total. The van der Waals surface area contributed by atoms with Crippen molar-refractivity contribution in [3.05, 3.63) is 123 Å². The van der Waals surface area contributed by atoms with Crippen LogP contribution in [0.5, 0.6) is 0 Å². The second kappa shape index (κ2) is 13.1. The Hall–Kier alpha value is -3.60. The van der Waals surface area contributed by atoms with Crippen LogP contribution >= 0.6 is 15.9 Å². The van der Waals surface area contributed by atoms with E-state index in [0.717, 1.165) is 10.0 Å². The van der Waals surface area contributed by atoms with E-state index in [2.05, 4.69) is 40.3 Å². The van der Waals surface area contributed by atoms with Crippen LogP contribution in [0.25, 0.3) is 0 Å². The average molecular weight is 591 g/mol. The van der Waals surface area contributed by atoms with E-state index in [1.165, 1.54) is 5.56 Å². The Balaban J connectivity index is 0.000000215. The third-order valence-electron chi connectivity index (χ3n) is 4.60. The number of nitrogen functional groups attached to an aromatic ring is 1. The van der Waals surface area contributed by atoms with Gasteiger partial charge in [0.25, 0.3) is 0 Å². The van der Waals surface area contributed by atoms with Gasteiger partial charge in [-0.1, -0.05) is 51.3 Å². The van der Waals surface area contributed by atoms with Crippen molar-refractivity contribution >= 4 is 33.0 Å². The van der Waals surface area contributed by atoms with Gasteiger partial charge in [-0.3, -0.25) is 0 Å². The van der Waals surface area contributed by atoms with Crippen molar-refractivity contribution in [2.24, 2.45) is 0 Å². The first kappa shape index (κ1) is 29.6. The Morgan fingerprint density at radius 1 is 0.568 bits per heavy atom. The van der Waals surface area contributed by atoms with Crippen LogP contribution in [0.2, 0.25) is 0 Å². The largest absolute Gasteiger partial charge is 0.394 e. The molecule has 0 spiro atoms. The molecule has 0 aliphatic carbocycles. The summed E-state index contributed by atoms with van der Waals surface area (Å²) in [5.74, 6) is -12.4. The molecule has 11 heteroatoms. The number of rotatable bonds is 2. The summed E-state index contributed by atoms with van der Waals surface area (Å²) in [7, 11) is 0. The highest BCUT2D eigenvalue weighted by Gasteiger charge is 2.19. The summed E-state index contributed by atoms with van der Waals surface area (Å²) in [6.45, 7) is 3.93. The zero-order valence-electron chi connectivity index (χ0n) is 19.3. The van der Waals surface area contributed by atoms with Gasteiger partial charge in [-0.2, -0.15) is 0 Å². The van der Waals surface area contributed by atoms with Gasteiger partial charge in [0.15, 0.2) is 46.5 Å². The monoisotopic (exact) mass is 590 g/mol. The molecule has 0 saturated carbocycles. The number of benzene rings is 4. The molecule has 37 heavy (non-hydrogen) atoms. The van der Waals surface area contributed by atoms with E-state index in [0.29, 0.717) is 11.8 Å². The summed E-state index contributed by atoms with van der Waals surface area (Å²) in [6.07, 6.45) is 0. The molecule has 0 aromatic heterocycles. The minimum Gasteiger partial charge on any atom is -0.394 e. The second-order valence-corrected chi connectivity index (χ2v) is 8.43. The van der Waals surface area contributed by atoms with E-state index in [1.54, 1.807) is 24.3 Å². The summed E-state index contributed by atoms with van der Waals surface area (Å²) in [5, 5.41) is 2.38. The zero-order chi connectivity index (χ0) is 27.9. The molecule has 0 bridgehead atoms. The van der Waals surface area contributed by atoms with Gasteiger partial charge in [-0.15, -0.1) is 0 Å². The van der Waals surface area contributed by atoms with E-state index in [4.69, 9.17) is 5.73 Å². The predicted octanol–water partition coefficient (Wildman–Crippen LogP) is 8.88. The summed E-state index contributed by atoms with van der Waals surface area (Å²) >= 11 is 3.35. The molecule has 0 unspecified atom stereocenters. The quantitative estimate of drug-likeness (QED) is 0.106. The second-order valence-electron chi connectivity index (χ2n) is 7.51. The third-order valence-corrected chi connectivity index (χ3v) is 5.12. The van der Waals surface area contributed by atoms with Crippen molar-refractivity contribution in [3.63, 3.8) is 0 Å². The van der Waals surface area contributed by atoms with E-state index in [1.807, 2.05) is 19.1 Å². The number of hydrogen-bond donors (Lipinski definition) is 2. The highest BCUT2D eigenvalue weighted by Crippen LogP contribution is 2.27. The van der Waals surface area contributed by atoms with Gasteiger partial charge in [0, 0.05) is 22.3 Å². The molecule has 0 heterocycles. The number of anilines is 3. The van der Waals surface area contributed by atoms with Crippen LogP contribution < -0.4 is 11.1 Å². The van der Waals surface area contributed by atoms with Crippen LogP contribution in [0, 0.1) is 60.4 Å². The molecule has 3 N–H and O–H groups in total. The molecule has 0 saturated heterocycles. The number of nitrogens with one attached hydrogen (secondary N) is 1. The molecule has 4 rings (SSSR count). The van der Waals surface area contributed by atoms with Gasteiger partial charge < -0.3 is 11.1 Å². The lowest BCUT2D eigenvalue weighted by Crippen LogP contribution is -2.02. The highest BCUT2D eigenvalue weighted by atomic mass is 79.9. The maximum absolute atomic E-state index is 13.4. The number of aryl methyl sites for hydroxylation is 2. The first-order chi connectivity index (χ1) is 17.3. The van der Waals surface area contributed by atoms with Crippen molar-refractivity contribution in [2.75, 3.05) is 11.1 Å². The Labute approximate surface area is 215 Å². The normalized spacial score (nSPS) is 10.1. The van der Waals surface area contributed by atoms with E-state index in [-0.39, 0.29) is 6.07 Å². The smallest absolute Gasteiger partial charge is 0.196 e. The molecule has 196 valence electrons. The number of hydrogen-bond acceptors (Lipinski definition) is 2. The third kappa shape index (κ3) is 8.21. The first-order valence-electron chi connectivity index (χ1n) is 10.3. The van der Waals surface area contributed by atoms with Crippen LogP contribution in [0.15, 0.2) is 65.1 Å². The van der Waals surface area contributed by atoms with E-state index < -0.39 is 57.9 Å². The SMILES string of the molecule is Cc1ccc(Br)cc1.Cc1ccc(Nc2c(F)cc(F)c(F)c2F)cc1.Nc1c(F)cc(F)c(F)c1F. The Bertz CT molecular complexity index is 1310. The first-order valence-corrected chi connectivity index (χ1v) is 11.1. The van der Waals surface area contributed by atoms with Gasteiger partial charge >= 0.3 is 0 Å². The lowest BCUT2D eigenvalue weighted by molar-refractivity contribution is 0.438. The topological polar surface area (TPSA) is 38.0 Å². The van der Waals surface area contributed by atoms with Crippen LogP contribution in [0.3, 0.4) is 0 Å². The number of halogens is 9. The fourth-order valence-corrected chi connectivity index (χ4v) is 2.84. The average Bonchev–Trinajstić information content (AvgIpc) is 2.86. The molecular formula is C26H19BrF8N2. The molecule has 0 aliphatic heterocycles. The van der Waals surface area contributed by atoms with Crippen molar-refractivity contribution in [2.45, 2.75) is 13.8 Å². The lowest BCUT2D eigenvalue weighted by atomic mass is 10.2. The van der Waals surface area contributed by atoms with Crippen LogP contribution in [-0.2, 0) is 0 Å².